The highest BCUT2D eigenvalue weighted by atomic mass is 79.9. The second-order valence-corrected chi connectivity index (χ2v) is 5.22. The quantitative estimate of drug-likeness (QED) is 0.788. The van der Waals surface area contributed by atoms with Gasteiger partial charge >= 0.3 is 0 Å². The fourth-order valence-corrected chi connectivity index (χ4v) is 1.97. The van der Waals surface area contributed by atoms with E-state index in [4.69, 9.17) is 9.26 Å². The lowest BCUT2D eigenvalue weighted by atomic mass is 10.2. The lowest BCUT2D eigenvalue weighted by Crippen LogP contribution is -2.04. The van der Waals surface area contributed by atoms with Crippen LogP contribution in [0.5, 0.6) is 5.75 Å². The van der Waals surface area contributed by atoms with Crippen LogP contribution in [0.25, 0.3) is 11.0 Å². The van der Waals surface area contributed by atoms with Gasteiger partial charge in [0.05, 0.1) is 12.3 Å². The van der Waals surface area contributed by atoms with Crippen molar-refractivity contribution in [3.05, 3.63) is 23.9 Å². The summed E-state index contributed by atoms with van der Waals surface area (Å²) in [5.74, 6) is 1.36. The zero-order chi connectivity index (χ0) is 12.3. The fourth-order valence-electron chi connectivity index (χ4n) is 1.59. The van der Waals surface area contributed by atoms with Gasteiger partial charge in [0.15, 0.2) is 5.58 Å². The minimum absolute atomic E-state index is 0.518. The number of aryl methyl sites for hydroxylation is 1. The molecule has 0 aliphatic heterocycles. The standard InChI is InChI=1S/C13H16BrNO2/c1-9(2)8-16-10-3-4-11-12(5-6-14)15-17-13(11)7-10/h3-4,7,9H,5-6,8H2,1-2H3. The summed E-state index contributed by atoms with van der Waals surface area (Å²) in [5, 5.41) is 6.02. The van der Waals surface area contributed by atoms with Gasteiger partial charge in [-0.1, -0.05) is 34.9 Å². The van der Waals surface area contributed by atoms with Crippen molar-refractivity contribution in [2.24, 2.45) is 5.92 Å². The van der Waals surface area contributed by atoms with Gasteiger partial charge in [-0.2, -0.15) is 0 Å². The van der Waals surface area contributed by atoms with Gasteiger partial charge in [0.1, 0.15) is 5.75 Å². The minimum atomic E-state index is 0.518. The van der Waals surface area contributed by atoms with Crippen molar-refractivity contribution >= 4 is 26.9 Å². The summed E-state index contributed by atoms with van der Waals surface area (Å²) >= 11 is 3.41. The molecular weight excluding hydrogens is 282 g/mol. The summed E-state index contributed by atoms with van der Waals surface area (Å²) in [4.78, 5) is 0. The molecule has 0 aliphatic rings. The fraction of sp³-hybridized carbons (Fsp3) is 0.462. The molecule has 4 heteroatoms. The van der Waals surface area contributed by atoms with Gasteiger partial charge in [-0.3, -0.25) is 0 Å². The number of fused-ring (bicyclic) bond motifs is 1. The molecule has 0 atom stereocenters. The smallest absolute Gasteiger partial charge is 0.170 e. The summed E-state index contributed by atoms with van der Waals surface area (Å²) in [5.41, 5.74) is 1.79. The minimum Gasteiger partial charge on any atom is -0.493 e. The Bertz CT molecular complexity index is 493. The summed E-state index contributed by atoms with van der Waals surface area (Å²) < 4.78 is 10.9. The molecule has 0 saturated carbocycles. The monoisotopic (exact) mass is 297 g/mol. The van der Waals surface area contributed by atoms with Gasteiger partial charge in [-0.15, -0.1) is 0 Å². The van der Waals surface area contributed by atoms with Gasteiger partial charge in [-0.05, 0) is 18.1 Å². The van der Waals surface area contributed by atoms with E-state index in [0.29, 0.717) is 12.5 Å². The Morgan fingerprint density at radius 1 is 1.41 bits per heavy atom. The highest BCUT2D eigenvalue weighted by Gasteiger charge is 2.08. The van der Waals surface area contributed by atoms with E-state index in [1.54, 1.807) is 0 Å². The third-order valence-corrected chi connectivity index (χ3v) is 2.83. The zero-order valence-electron chi connectivity index (χ0n) is 10.1. The van der Waals surface area contributed by atoms with Crippen molar-refractivity contribution in [1.82, 2.24) is 5.16 Å². The van der Waals surface area contributed by atoms with E-state index in [1.807, 2.05) is 18.2 Å². The Balaban J connectivity index is 2.20. The number of ether oxygens (including phenoxy) is 1. The second kappa shape index (κ2) is 5.54. The average Bonchev–Trinajstić information content (AvgIpc) is 2.70. The van der Waals surface area contributed by atoms with E-state index in [1.165, 1.54) is 0 Å². The molecule has 17 heavy (non-hydrogen) atoms. The Morgan fingerprint density at radius 3 is 2.94 bits per heavy atom. The molecule has 0 amide bonds. The molecule has 1 aromatic carbocycles. The SMILES string of the molecule is CC(C)COc1ccc2c(CCBr)noc2c1. The first-order chi connectivity index (χ1) is 8.20. The number of aromatic nitrogens is 1. The molecule has 1 heterocycles. The van der Waals surface area contributed by atoms with Gasteiger partial charge in [0, 0.05) is 23.2 Å². The Hall–Kier alpha value is -1.03. The number of hydrogen-bond acceptors (Lipinski definition) is 3. The molecule has 1 aromatic heterocycles. The van der Waals surface area contributed by atoms with E-state index in [2.05, 4.69) is 34.9 Å². The molecule has 0 radical (unpaired) electrons. The van der Waals surface area contributed by atoms with Crippen LogP contribution in [0, 0.1) is 5.92 Å². The summed E-state index contributed by atoms with van der Waals surface area (Å²) in [7, 11) is 0. The number of benzene rings is 1. The molecule has 0 bridgehead atoms. The molecule has 0 aliphatic carbocycles. The first-order valence-electron chi connectivity index (χ1n) is 5.77. The van der Waals surface area contributed by atoms with Crippen LogP contribution in [0.1, 0.15) is 19.5 Å². The first kappa shape index (κ1) is 12.4. The molecule has 0 spiro atoms. The molecule has 0 saturated heterocycles. The van der Waals surface area contributed by atoms with Crippen LogP contribution in [0.2, 0.25) is 0 Å². The predicted octanol–water partition coefficient (Wildman–Crippen LogP) is 3.80. The second-order valence-electron chi connectivity index (χ2n) is 4.43. The van der Waals surface area contributed by atoms with Crippen LogP contribution < -0.4 is 4.74 Å². The maximum atomic E-state index is 5.65. The van der Waals surface area contributed by atoms with Crippen LogP contribution in [0.15, 0.2) is 22.7 Å². The lowest BCUT2D eigenvalue weighted by molar-refractivity contribution is 0.271. The predicted molar refractivity (Wildman–Crippen MR) is 71.8 cm³/mol. The maximum Gasteiger partial charge on any atom is 0.170 e. The Morgan fingerprint density at radius 2 is 2.24 bits per heavy atom. The third-order valence-electron chi connectivity index (χ3n) is 2.43. The van der Waals surface area contributed by atoms with Gasteiger partial charge < -0.3 is 9.26 Å². The number of hydrogen-bond donors (Lipinski definition) is 0. The topological polar surface area (TPSA) is 35.3 Å². The number of rotatable bonds is 5. The molecule has 0 N–H and O–H groups in total. The number of nitrogens with zero attached hydrogens (tertiary/aromatic N) is 1. The Kier molecular flexibility index (Phi) is 4.05. The van der Waals surface area contributed by atoms with Crippen molar-refractivity contribution in [3.8, 4) is 5.75 Å². The van der Waals surface area contributed by atoms with Crippen LogP contribution >= 0.6 is 15.9 Å². The largest absolute Gasteiger partial charge is 0.493 e. The van der Waals surface area contributed by atoms with Crippen LogP contribution in [0.4, 0.5) is 0 Å². The number of alkyl halides is 1. The van der Waals surface area contributed by atoms with Crippen molar-refractivity contribution in [1.29, 1.82) is 0 Å². The molecule has 0 unspecified atom stereocenters. The maximum absolute atomic E-state index is 5.65. The molecule has 2 rings (SSSR count). The van der Waals surface area contributed by atoms with Crippen molar-refractivity contribution in [2.45, 2.75) is 20.3 Å². The highest BCUT2D eigenvalue weighted by molar-refractivity contribution is 9.09. The molecular formula is C13H16BrNO2. The van der Waals surface area contributed by atoms with Crippen molar-refractivity contribution < 1.29 is 9.26 Å². The summed E-state index contributed by atoms with van der Waals surface area (Å²) in [6, 6.07) is 5.89. The normalized spacial score (nSPS) is 11.3. The number of halogens is 1. The van der Waals surface area contributed by atoms with Gasteiger partial charge in [-0.25, -0.2) is 0 Å². The van der Waals surface area contributed by atoms with Crippen LogP contribution in [-0.2, 0) is 6.42 Å². The third kappa shape index (κ3) is 3.00. The van der Waals surface area contributed by atoms with Crippen molar-refractivity contribution in [2.75, 3.05) is 11.9 Å². The molecule has 0 fully saturated rings. The van der Waals surface area contributed by atoms with Gasteiger partial charge in [0.2, 0.25) is 0 Å². The highest BCUT2D eigenvalue weighted by Crippen LogP contribution is 2.24. The summed E-state index contributed by atoms with van der Waals surface area (Å²) in [6.45, 7) is 4.97. The van der Waals surface area contributed by atoms with Crippen LogP contribution in [-0.4, -0.2) is 17.1 Å². The van der Waals surface area contributed by atoms with Gasteiger partial charge in [0.25, 0.3) is 0 Å². The van der Waals surface area contributed by atoms with Crippen LogP contribution in [0.3, 0.4) is 0 Å². The molecule has 2 aromatic rings. The lowest BCUT2D eigenvalue weighted by Gasteiger charge is -2.07. The molecule has 92 valence electrons. The van der Waals surface area contributed by atoms with E-state index >= 15 is 0 Å². The Labute approximate surface area is 109 Å². The average molecular weight is 298 g/mol. The van der Waals surface area contributed by atoms with E-state index in [9.17, 15) is 0 Å². The van der Waals surface area contributed by atoms with E-state index in [0.717, 1.165) is 34.2 Å². The van der Waals surface area contributed by atoms with Crippen molar-refractivity contribution in [3.63, 3.8) is 0 Å². The first-order valence-corrected chi connectivity index (χ1v) is 6.90. The van der Waals surface area contributed by atoms with E-state index < -0.39 is 0 Å². The van der Waals surface area contributed by atoms with E-state index in [-0.39, 0.29) is 0 Å². The molecule has 3 nitrogen and oxygen atoms in total. The zero-order valence-corrected chi connectivity index (χ0v) is 11.7. The summed E-state index contributed by atoms with van der Waals surface area (Å²) in [6.07, 6.45) is 0.874.